The van der Waals surface area contributed by atoms with Crippen molar-refractivity contribution in [1.29, 1.82) is 0 Å². The highest BCUT2D eigenvalue weighted by Gasteiger charge is 2.36. The monoisotopic (exact) mass is 298 g/mol. The van der Waals surface area contributed by atoms with Crippen LogP contribution in [0.25, 0.3) is 0 Å². The van der Waals surface area contributed by atoms with E-state index in [1.54, 1.807) is 23.4 Å². The van der Waals surface area contributed by atoms with Gasteiger partial charge in [0.05, 0.1) is 23.0 Å². The fraction of sp³-hybridized carbons (Fsp3) is 0.615. The van der Waals surface area contributed by atoms with Crippen molar-refractivity contribution in [3.8, 4) is 0 Å². The summed E-state index contributed by atoms with van der Waals surface area (Å²) in [7, 11) is 0. The van der Waals surface area contributed by atoms with Gasteiger partial charge in [0.2, 0.25) is 11.8 Å². The summed E-state index contributed by atoms with van der Waals surface area (Å²) in [6, 6.07) is -1.01. The summed E-state index contributed by atoms with van der Waals surface area (Å²) in [5, 5.41) is 7.55. The minimum atomic E-state index is -0.504. The highest BCUT2D eigenvalue weighted by Crippen LogP contribution is 2.24. The number of rotatable bonds is 3. The molecule has 1 aromatic rings. The Labute approximate surface area is 123 Å². The molecule has 110 valence electrons. The molecule has 0 aliphatic carbocycles. The smallest absolute Gasteiger partial charge is 0.245 e. The Bertz CT molecular complexity index is 555. The quantitative estimate of drug-likeness (QED) is 0.908. The maximum atomic E-state index is 12.2. The summed E-state index contributed by atoms with van der Waals surface area (Å²) in [6.45, 7) is 8.15. The second kappa shape index (κ2) is 5.44. The first-order chi connectivity index (χ1) is 9.36. The molecule has 7 heteroatoms. The number of nitrogens with one attached hydrogen (secondary N) is 1. The first kappa shape index (κ1) is 14.8. The molecule has 0 aromatic carbocycles. The number of hydrogen-bond donors (Lipinski definition) is 1. The van der Waals surface area contributed by atoms with E-state index in [1.165, 1.54) is 0 Å². The van der Waals surface area contributed by atoms with Crippen LogP contribution in [0.2, 0.25) is 5.02 Å². The molecule has 20 heavy (non-hydrogen) atoms. The summed E-state index contributed by atoms with van der Waals surface area (Å²) >= 11 is 6.26. The SMILES string of the molecule is CCn1nc(C)c(Cl)c1CN1C(=O)C(C)NC(=O)C1C. The van der Waals surface area contributed by atoms with Crippen molar-refractivity contribution in [2.45, 2.75) is 52.9 Å². The normalized spacial score (nSPS) is 23.1. The van der Waals surface area contributed by atoms with Crippen LogP contribution in [-0.2, 0) is 22.7 Å². The van der Waals surface area contributed by atoms with Crippen LogP contribution in [-0.4, -0.2) is 38.6 Å². The van der Waals surface area contributed by atoms with Crippen LogP contribution in [0.5, 0.6) is 0 Å². The molecule has 0 spiro atoms. The number of aromatic nitrogens is 2. The van der Waals surface area contributed by atoms with Crippen LogP contribution in [0.3, 0.4) is 0 Å². The Morgan fingerprint density at radius 2 is 2.00 bits per heavy atom. The zero-order valence-corrected chi connectivity index (χ0v) is 12.9. The zero-order valence-electron chi connectivity index (χ0n) is 12.1. The van der Waals surface area contributed by atoms with Crippen LogP contribution < -0.4 is 5.32 Å². The van der Waals surface area contributed by atoms with Crippen molar-refractivity contribution >= 4 is 23.4 Å². The molecule has 1 aromatic heterocycles. The Morgan fingerprint density at radius 3 is 2.60 bits per heavy atom. The van der Waals surface area contributed by atoms with Crippen LogP contribution in [0, 0.1) is 6.92 Å². The van der Waals surface area contributed by atoms with Crippen molar-refractivity contribution in [3.63, 3.8) is 0 Å². The maximum Gasteiger partial charge on any atom is 0.245 e. The van der Waals surface area contributed by atoms with E-state index in [4.69, 9.17) is 11.6 Å². The van der Waals surface area contributed by atoms with Crippen molar-refractivity contribution < 1.29 is 9.59 Å². The minimum Gasteiger partial charge on any atom is -0.343 e. The second-order valence-electron chi connectivity index (χ2n) is 5.03. The van der Waals surface area contributed by atoms with Crippen LogP contribution in [0.4, 0.5) is 0 Å². The van der Waals surface area contributed by atoms with Gasteiger partial charge in [-0.05, 0) is 27.7 Å². The van der Waals surface area contributed by atoms with Crippen molar-refractivity contribution in [2.24, 2.45) is 0 Å². The number of carbonyl (C=O) groups excluding carboxylic acids is 2. The maximum absolute atomic E-state index is 12.2. The van der Waals surface area contributed by atoms with Gasteiger partial charge in [-0.2, -0.15) is 5.10 Å². The lowest BCUT2D eigenvalue weighted by molar-refractivity contribution is -0.148. The molecule has 1 aliphatic heterocycles. The van der Waals surface area contributed by atoms with E-state index in [9.17, 15) is 9.59 Å². The predicted molar refractivity (Wildman–Crippen MR) is 75.3 cm³/mol. The molecule has 0 saturated carbocycles. The number of piperazine rings is 1. The van der Waals surface area contributed by atoms with E-state index < -0.39 is 12.1 Å². The van der Waals surface area contributed by atoms with E-state index in [0.29, 0.717) is 18.1 Å². The molecule has 2 heterocycles. The summed E-state index contributed by atoms with van der Waals surface area (Å²) in [4.78, 5) is 25.6. The fourth-order valence-corrected chi connectivity index (χ4v) is 2.57. The second-order valence-corrected chi connectivity index (χ2v) is 5.41. The van der Waals surface area contributed by atoms with Crippen LogP contribution >= 0.6 is 11.6 Å². The average molecular weight is 299 g/mol. The first-order valence-electron chi connectivity index (χ1n) is 6.69. The minimum absolute atomic E-state index is 0.102. The van der Waals surface area contributed by atoms with Gasteiger partial charge in [-0.25, -0.2) is 0 Å². The van der Waals surface area contributed by atoms with Crippen LogP contribution in [0.1, 0.15) is 32.2 Å². The van der Waals surface area contributed by atoms with Gasteiger partial charge in [0.15, 0.2) is 0 Å². The molecule has 2 rings (SSSR count). The number of halogens is 1. The Morgan fingerprint density at radius 1 is 1.35 bits per heavy atom. The highest BCUT2D eigenvalue weighted by molar-refractivity contribution is 6.31. The van der Waals surface area contributed by atoms with Gasteiger partial charge in [0, 0.05) is 6.54 Å². The molecule has 2 atom stereocenters. The van der Waals surface area contributed by atoms with Gasteiger partial charge in [0.1, 0.15) is 12.1 Å². The molecule has 1 aliphatic rings. The summed E-state index contributed by atoms with van der Waals surface area (Å²) in [5.41, 5.74) is 1.51. The molecule has 6 nitrogen and oxygen atoms in total. The largest absolute Gasteiger partial charge is 0.343 e. The summed E-state index contributed by atoms with van der Waals surface area (Å²) in [6.07, 6.45) is 0. The van der Waals surface area contributed by atoms with Gasteiger partial charge >= 0.3 is 0 Å². The topological polar surface area (TPSA) is 67.2 Å². The third-order valence-corrected chi connectivity index (χ3v) is 4.12. The van der Waals surface area contributed by atoms with Gasteiger partial charge < -0.3 is 10.2 Å². The number of nitrogens with zero attached hydrogens (tertiary/aromatic N) is 3. The van der Waals surface area contributed by atoms with Crippen LogP contribution in [0.15, 0.2) is 0 Å². The lowest BCUT2D eigenvalue weighted by Gasteiger charge is -2.36. The highest BCUT2D eigenvalue weighted by atomic mass is 35.5. The van der Waals surface area contributed by atoms with Crippen molar-refractivity contribution in [3.05, 3.63) is 16.4 Å². The number of carbonyl (C=O) groups is 2. The molecular weight excluding hydrogens is 280 g/mol. The van der Waals surface area contributed by atoms with Gasteiger partial charge in [-0.3, -0.25) is 14.3 Å². The fourth-order valence-electron chi connectivity index (χ4n) is 2.37. The molecule has 0 bridgehead atoms. The standard InChI is InChI=1S/C13H19ClN4O2/c1-5-18-10(11(14)7(2)16-18)6-17-9(4)12(19)15-8(3)13(17)20/h8-9H,5-6H2,1-4H3,(H,15,19). The molecule has 2 unspecified atom stereocenters. The summed E-state index contributed by atoms with van der Waals surface area (Å²) in [5.74, 6) is -0.248. The molecule has 2 amide bonds. The number of hydrogen-bond acceptors (Lipinski definition) is 3. The van der Waals surface area contributed by atoms with E-state index in [0.717, 1.165) is 11.4 Å². The number of amides is 2. The lowest BCUT2D eigenvalue weighted by Crippen LogP contribution is -2.61. The number of aryl methyl sites for hydroxylation is 2. The third kappa shape index (κ3) is 2.40. The molecule has 0 radical (unpaired) electrons. The average Bonchev–Trinajstić information content (AvgIpc) is 2.68. The molecule has 1 saturated heterocycles. The van der Waals surface area contributed by atoms with Gasteiger partial charge in [-0.15, -0.1) is 0 Å². The zero-order chi connectivity index (χ0) is 15.0. The van der Waals surface area contributed by atoms with E-state index >= 15 is 0 Å². The van der Waals surface area contributed by atoms with Crippen molar-refractivity contribution in [1.82, 2.24) is 20.0 Å². The van der Waals surface area contributed by atoms with E-state index in [-0.39, 0.29) is 11.8 Å². The molecule has 1 N–H and O–H groups in total. The predicted octanol–water partition coefficient (Wildman–Crippen LogP) is 1.10. The molecule has 1 fully saturated rings. The first-order valence-corrected chi connectivity index (χ1v) is 7.07. The lowest BCUT2D eigenvalue weighted by atomic mass is 10.1. The molecular formula is C13H19ClN4O2. The van der Waals surface area contributed by atoms with Gasteiger partial charge in [-0.1, -0.05) is 11.6 Å². The van der Waals surface area contributed by atoms with E-state index in [2.05, 4.69) is 10.4 Å². The van der Waals surface area contributed by atoms with Crippen molar-refractivity contribution in [2.75, 3.05) is 0 Å². The third-order valence-electron chi connectivity index (χ3n) is 3.63. The Hall–Kier alpha value is -1.56. The van der Waals surface area contributed by atoms with E-state index in [1.807, 2.05) is 13.8 Å². The Balaban J connectivity index is 2.32. The summed E-state index contributed by atoms with van der Waals surface area (Å²) < 4.78 is 1.77. The Kier molecular flexibility index (Phi) is 4.04. The van der Waals surface area contributed by atoms with Gasteiger partial charge in [0.25, 0.3) is 0 Å².